The van der Waals surface area contributed by atoms with Gasteiger partial charge < -0.3 is 20.5 Å². The fraction of sp³-hybridized carbons (Fsp3) is 0.519. The number of nitrogens with one attached hydrogen (secondary N) is 2. The first-order chi connectivity index (χ1) is 18.6. The van der Waals surface area contributed by atoms with E-state index in [0.29, 0.717) is 25.8 Å². The first-order valence-electron chi connectivity index (χ1n) is 12.9. The Hall–Kier alpha value is -2.89. The standard InChI is InChI=1S/C27H34ClF3N4O4/c1-39-17-27(30,31)16-35(14-3-2-7-19-11-10-18-6-5-13-32-24(18)33-19)15-12-22(26(37)38)34-25(36)20-8-4-9-21(29)23(20)28/h4,8-11,22H,2-3,5-7,12-17H2,1H3,(H,32,33)(H,34,36)(H,37,38). The van der Waals surface area contributed by atoms with Crippen LogP contribution in [0.5, 0.6) is 0 Å². The Morgan fingerprint density at radius 3 is 2.79 bits per heavy atom. The van der Waals surface area contributed by atoms with E-state index in [1.54, 1.807) is 0 Å². The Bertz CT molecular complexity index is 1140. The molecule has 1 unspecified atom stereocenters. The number of methoxy groups -OCH3 is 1. The molecule has 12 heteroatoms. The molecule has 3 N–H and O–H groups in total. The van der Waals surface area contributed by atoms with E-state index < -0.39 is 47.8 Å². The number of carbonyl (C=O) groups excluding carboxylic acids is 1. The summed E-state index contributed by atoms with van der Waals surface area (Å²) < 4.78 is 47.1. The van der Waals surface area contributed by atoms with Crippen LogP contribution in [0.3, 0.4) is 0 Å². The highest BCUT2D eigenvalue weighted by atomic mass is 35.5. The van der Waals surface area contributed by atoms with E-state index in [9.17, 15) is 27.9 Å². The molecule has 0 saturated heterocycles. The average Bonchev–Trinajstić information content (AvgIpc) is 2.89. The van der Waals surface area contributed by atoms with E-state index in [1.165, 1.54) is 29.7 Å². The largest absolute Gasteiger partial charge is 0.480 e. The molecule has 0 spiro atoms. The second-order valence-electron chi connectivity index (χ2n) is 9.62. The molecule has 1 atom stereocenters. The van der Waals surface area contributed by atoms with Gasteiger partial charge in [0, 0.05) is 25.9 Å². The molecule has 1 aliphatic heterocycles. The van der Waals surface area contributed by atoms with Gasteiger partial charge in [0.15, 0.2) is 0 Å². The van der Waals surface area contributed by atoms with Crippen LogP contribution < -0.4 is 10.6 Å². The van der Waals surface area contributed by atoms with Crippen molar-refractivity contribution in [2.45, 2.75) is 50.5 Å². The predicted octanol–water partition coefficient (Wildman–Crippen LogP) is 4.41. The minimum absolute atomic E-state index is 0.0194. The van der Waals surface area contributed by atoms with Crippen molar-refractivity contribution < 1.29 is 32.6 Å². The second-order valence-corrected chi connectivity index (χ2v) is 10.00. The van der Waals surface area contributed by atoms with Crippen LogP contribution >= 0.6 is 11.6 Å². The number of benzene rings is 1. The number of nitrogens with zero attached hydrogens (tertiary/aromatic N) is 2. The maximum Gasteiger partial charge on any atom is 0.326 e. The number of aromatic nitrogens is 1. The van der Waals surface area contributed by atoms with Gasteiger partial charge in [-0.3, -0.25) is 9.69 Å². The van der Waals surface area contributed by atoms with Gasteiger partial charge in [-0.05, 0) is 68.8 Å². The van der Waals surface area contributed by atoms with Crippen molar-refractivity contribution >= 4 is 29.3 Å². The van der Waals surface area contributed by atoms with E-state index in [1.807, 2.05) is 6.07 Å². The molecule has 1 aromatic heterocycles. The molecule has 0 fully saturated rings. The minimum Gasteiger partial charge on any atom is -0.480 e. The predicted molar refractivity (Wildman–Crippen MR) is 142 cm³/mol. The Kier molecular flexibility index (Phi) is 11.4. The lowest BCUT2D eigenvalue weighted by Gasteiger charge is -2.28. The van der Waals surface area contributed by atoms with Gasteiger partial charge in [-0.1, -0.05) is 23.7 Å². The van der Waals surface area contributed by atoms with Gasteiger partial charge in [0.2, 0.25) is 0 Å². The number of carboxylic acids is 1. The fourth-order valence-corrected chi connectivity index (χ4v) is 4.70. The Morgan fingerprint density at radius 1 is 1.26 bits per heavy atom. The van der Waals surface area contributed by atoms with Gasteiger partial charge in [-0.2, -0.15) is 0 Å². The van der Waals surface area contributed by atoms with Gasteiger partial charge in [0.05, 0.1) is 17.1 Å². The number of aliphatic carboxylic acids is 1. The van der Waals surface area contributed by atoms with Crippen LogP contribution in [0.25, 0.3) is 0 Å². The molecule has 2 aromatic rings. The number of aryl methyl sites for hydroxylation is 2. The number of amides is 1. The van der Waals surface area contributed by atoms with Crippen LogP contribution in [0.4, 0.5) is 19.0 Å². The highest BCUT2D eigenvalue weighted by Crippen LogP contribution is 2.22. The van der Waals surface area contributed by atoms with Gasteiger partial charge >= 0.3 is 5.97 Å². The lowest BCUT2D eigenvalue weighted by molar-refractivity contribution is -0.139. The molecule has 39 heavy (non-hydrogen) atoms. The third-order valence-corrected chi connectivity index (χ3v) is 6.84. The summed E-state index contributed by atoms with van der Waals surface area (Å²) in [4.78, 5) is 30.5. The summed E-state index contributed by atoms with van der Waals surface area (Å²) in [5.74, 6) is -5.26. The minimum atomic E-state index is -3.14. The van der Waals surface area contributed by atoms with E-state index in [2.05, 4.69) is 26.4 Å². The van der Waals surface area contributed by atoms with E-state index in [-0.39, 0.29) is 18.5 Å². The maximum atomic E-state index is 14.4. The maximum absolute atomic E-state index is 14.4. The van der Waals surface area contributed by atoms with Crippen LogP contribution in [0.2, 0.25) is 5.02 Å². The molecule has 0 aliphatic carbocycles. The number of fused-ring (bicyclic) bond motifs is 1. The zero-order valence-corrected chi connectivity index (χ0v) is 22.6. The van der Waals surface area contributed by atoms with Crippen molar-refractivity contribution in [3.05, 3.63) is 58.0 Å². The van der Waals surface area contributed by atoms with Crippen molar-refractivity contribution in [3.8, 4) is 0 Å². The summed E-state index contributed by atoms with van der Waals surface area (Å²) in [5, 5.41) is 14.8. The second kappa shape index (κ2) is 14.5. The molecule has 0 bridgehead atoms. The molecule has 1 aliphatic rings. The number of halogens is 4. The van der Waals surface area contributed by atoms with Gasteiger partial charge in [0.1, 0.15) is 24.3 Å². The summed E-state index contributed by atoms with van der Waals surface area (Å²) in [5.41, 5.74) is 1.90. The topological polar surface area (TPSA) is 104 Å². The molecular formula is C27H34ClF3N4O4. The highest BCUT2D eigenvalue weighted by molar-refractivity contribution is 6.34. The van der Waals surface area contributed by atoms with E-state index >= 15 is 0 Å². The zero-order chi connectivity index (χ0) is 28.4. The molecule has 3 rings (SSSR count). The number of anilines is 1. The highest BCUT2D eigenvalue weighted by Gasteiger charge is 2.32. The van der Waals surface area contributed by atoms with E-state index in [4.69, 9.17) is 11.6 Å². The average molecular weight is 571 g/mol. The molecule has 1 aromatic carbocycles. The number of ether oxygens (including phenoxy) is 1. The number of carboxylic acid groups (broad SMARTS) is 1. The molecule has 214 valence electrons. The summed E-state index contributed by atoms with van der Waals surface area (Å²) >= 11 is 5.84. The lowest BCUT2D eigenvalue weighted by Crippen LogP contribution is -2.46. The van der Waals surface area contributed by atoms with Crippen molar-refractivity contribution in [1.29, 1.82) is 0 Å². The smallest absolute Gasteiger partial charge is 0.326 e. The quantitative estimate of drug-likeness (QED) is 0.273. The lowest BCUT2D eigenvalue weighted by atomic mass is 10.1. The van der Waals surface area contributed by atoms with Crippen molar-refractivity contribution in [2.75, 3.05) is 45.2 Å². The number of carbonyl (C=O) groups is 2. The zero-order valence-electron chi connectivity index (χ0n) is 21.8. The molecule has 2 heterocycles. The fourth-order valence-electron chi connectivity index (χ4n) is 4.49. The van der Waals surface area contributed by atoms with Gasteiger partial charge in [-0.15, -0.1) is 0 Å². The molecule has 0 saturated carbocycles. The third-order valence-electron chi connectivity index (χ3n) is 6.45. The number of alkyl halides is 2. The van der Waals surface area contributed by atoms with Crippen LogP contribution in [0, 0.1) is 5.82 Å². The Labute approximate surface area is 230 Å². The van der Waals surface area contributed by atoms with Crippen molar-refractivity contribution in [3.63, 3.8) is 0 Å². The Balaban J connectivity index is 1.58. The molecule has 8 nitrogen and oxygen atoms in total. The normalized spacial score (nSPS) is 14.0. The summed E-state index contributed by atoms with van der Waals surface area (Å²) in [6.07, 6.45) is 3.89. The SMILES string of the molecule is COCC(F)(F)CN(CCCCc1ccc2c(n1)NCCC2)CCC(NC(=O)c1cccc(F)c1Cl)C(=O)O. The van der Waals surface area contributed by atoms with Gasteiger partial charge in [-0.25, -0.2) is 22.9 Å². The monoisotopic (exact) mass is 570 g/mol. The summed E-state index contributed by atoms with van der Waals surface area (Å²) in [7, 11) is 1.19. The number of pyridine rings is 1. The van der Waals surface area contributed by atoms with E-state index in [0.717, 1.165) is 37.0 Å². The number of hydrogen-bond acceptors (Lipinski definition) is 6. The van der Waals surface area contributed by atoms with Crippen LogP contribution in [0.15, 0.2) is 30.3 Å². The summed E-state index contributed by atoms with van der Waals surface area (Å²) in [6, 6.07) is 6.29. The Morgan fingerprint density at radius 2 is 2.05 bits per heavy atom. The first-order valence-corrected chi connectivity index (χ1v) is 13.3. The number of unbranched alkanes of at least 4 members (excludes halogenated alkanes) is 1. The molecule has 1 amide bonds. The number of rotatable bonds is 15. The molecule has 0 radical (unpaired) electrons. The molecular weight excluding hydrogens is 537 g/mol. The van der Waals surface area contributed by atoms with Crippen LogP contribution in [-0.4, -0.2) is 78.7 Å². The number of hydrogen-bond donors (Lipinski definition) is 3. The third kappa shape index (κ3) is 9.36. The van der Waals surface area contributed by atoms with Crippen LogP contribution in [0.1, 0.15) is 47.3 Å². The van der Waals surface area contributed by atoms with Crippen molar-refractivity contribution in [2.24, 2.45) is 0 Å². The first kappa shape index (κ1) is 30.6. The van der Waals surface area contributed by atoms with Crippen molar-refractivity contribution in [1.82, 2.24) is 15.2 Å². The van der Waals surface area contributed by atoms with Crippen LogP contribution in [-0.2, 0) is 22.4 Å². The van der Waals surface area contributed by atoms with Gasteiger partial charge in [0.25, 0.3) is 11.8 Å². The summed E-state index contributed by atoms with van der Waals surface area (Å²) in [6.45, 7) is -0.237.